The van der Waals surface area contributed by atoms with Crippen molar-refractivity contribution in [3.63, 3.8) is 0 Å². The summed E-state index contributed by atoms with van der Waals surface area (Å²) in [5.74, 6) is 0.0334. The molecule has 2 heterocycles. The molecule has 0 atom stereocenters. The fraction of sp³-hybridized carbons (Fsp3) is 0.364. The Labute approximate surface area is 165 Å². The number of benzene rings is 1. The predicted molar refractivity (Wildman–Crippen MR) is 108 cm³/mol. The van der Waals surface area contributed by atoms with Crippen molar-refractivity contribution < 1.29 is 4.79 Å². The maximum atomic E-state index is 12.6. The molecule has 1 N–H and O–H groups in total. The minimum Gasteiger partial charge on any atom is -0.349 e. The SMILES string of the molecule is Cc1ccc(C(=O)NC2CCC(n3cc(-c4ccncn4)cn3)CC2)c(C)c1. The lowest BCUT2D eigenvalue weighted by atomic mass is 9.91. The molecular formula is C22H25N5O. The van der Waals surface area contributed by atoms with Crippen molar-refractivity contribution >= 4 is 5.91 Å². The first-order valence-corrected chi connectivity index (χ1v) is 9.79. The Kier molecular flexibility index (Phi) is 5.19. The van der Waals surface area contributed by atoms with Crippen LogP contribution >= 0.6 is 0 Å². The minimum absolute atomic E-state index is 0.0334. The van der Waals surface area contributed by atoms with Crippen molar-refractivity contribution in [2.45, 2.75) is 51.6 Å². The molecule has 2 aromatic heterocycles. The standard InChI is InChI=1S/C22H25N5O/c1-15-3-8-20(16(2)11-15)22(28)26-18-4-6-19(7-5-18)27-13-17(12-25-27)21-9-10-23-14-24-21/h3,8-14,18-19H,4-7H2,1-2H3,(H,26,28). The second-order valence-electron chi connectivity index (χ2n) is 7.60. The normalized spacial score (nSPS) is 19.4. The third-order valence-corrected chi connectivity index (χ3v) is 5.51. The van der Waals surface area contributed by atoms with Crippen molar-refractivity contribution in [3.8, 4) is 11.3 Å². The molecule has 144 valence electrons. The van der Waals surface area contributed by atoms with Crippen LogP contribution in [0.2, 0.25) is 0 Å². The second-order valence-corrected chi connectivity index (χ2v) is 7.60. The highest BCUT2D eigenvalue weighted by molar-refractivity contribution is 5.95. The van der Waals surface area contributed by atoms with Crippen molar-refractivity contribution in [1.29, 1.82) is 0 Å². The fourth-order valence-corrected chi connectivity index (χ4v) is 3.95. The number of hydrogen-bond acceptors (Lipinski definition) is 4. The zero-order valence-corrected chi connectivity index (χ0v) is 16.3. The molecular weight excluding hydrogens is 350 g/mol. The summed E-state index contributed by atoms with van der Waals surface area (Å²) in [5, 5.41) is 7.75. The Morgan fingerprint density at radius 3 is 2.68 bits per heavy atom. The van der Waals surface area contributed by atoms with Crippen LogP contribution in [0.15, 0.2) is 49.2 Å². The molecule has 28 heavy (non-hydrogen) atoms. The van der Waals surface area contributed by atoms with Crippen LogP contribution in [-0.4, -0.2) is 31.7 Å². The Morgan fingerprint density at radius 2 is 1.96 bits per heavy atom. The number of rotatable bonds is 4. The number of amides is 1. The summed E-state index contributed by atoms with van der Waals surface area (Å²) >= 11 is 0. The average molecular weight is 375 g/mol. The van der Waals surface area contributed by atoms with Crippen molar-refractivity contribution in [2.24, 2.45) is 0 Å². The van der Waals surface area contributed by atoms with Gasteiger partial charge in [-0.2, -0.15) is 5.10 Å². The third-order valence-electron chi connectivity index (χ3n) is 5.51. The Morgan fingerprint density at radius 1 is 1.14 bits per heavy atom. The zero-order valence-electron chi connectivity index (χ0n) is 16.3. The lowest BCUT2D eigenvalue weighted by Gasteiger charge is -2.29. The summed E-state index contributed by atoms with van der Waals surface area (Å²) in [5.41, 5.74) is 4.87. The highest BCUT2D eigenvalue weighted by atomic mass is 16.1. The van der Waals surface area contributed by atoms with Crippen LogP contribution in [0.1, 0.15) is 53.2 Å². The predicted octanol–water partition coefficient (Wildman–Crippen LogP) is 3.87. The van der Waals surface area contributed by atoms with Crippen LogP contribution in [0, 0.1) is 13.8 Å². The number of aromatic nitrogens is 4. The van der Waals surface area contributed by atoms with Gasteiger partial charge in [0.05, 0.1) is 17.9 Å². The van der Waals surface area contributed by atoms with Crippen LogP contribution in [-0.2, 0) is 0 Å². The molecule has 0 saturated heterocycles. The number of nitrogens with one attached hydrogen (secondary N) is 1. The number of carbonyl (C=O) groups is 1. The van der Waals surface area contributed by atoms with Gasteiger partial charge in [0.2, 0.25) is 0 Å². The third kappa shape index (κ3) is 3.96. The van der Waals surface area contributed by atoms with Gasteiger partial charge in [0.25, 0.3) is 5.91 Å². The van der Waals surface area contributed by atoms with E-state index in [4.69, 9.17) is 0 Å². The van der Waals surface area contributed by atoms with E-state index in [1.54, 1.807) is 12.5 Å². The first-order chi connectivity index (χ1) is 13.6. The smallest absolute Gasteiger partial charge is 0.251 e. The minimum atomic E-state index is 0.0334. The topological polar surface area (TPSA) is 72.7 Å². The highest BCUT2D eigenvalue weighted by Crippen LogP contribution is 2.29. The van der Waals surface area contributed by atoms with Crippen LogP contribution < -0.4 is 5.32 Å². The van der Waals surface area contributed by atoms with E-state index in [-0.39, 0.29) is 11.9 Å². The van der Waals surface area contributed by atoms with E-state index in [0.29, 0.717) is 6.04 Å². The maximum Gasteiger partial charge on any atom is 0.251 e. The highest BCUT2D eigenvalue weighted by Gasteiger charge is 2.25. The molecule has 0 spiro atoms. The van der Waals surface area contributed by atoms with Crippen LogP contribution in [0.25, 0.3) is 11.3 Å². The summed E-state index contributed by atoms with van der Waals surface area (Å²) in [4.78, 5) is 20.9. The van der Waals surface area contributed by atoms with Gasteiger partial charge in [0.15, 0.2) is 0 Å². The monoisotopic (exact) mass is 375 g/mol. The number of nitrogens with zero attached hydrogens (tertiary/aromatic N) is 4. The second kappa shape index (κ2) is 7.92. The van der Waals surface area contributed by atoms with Gasteiger partial charge in [-0.1, -0.05) is 17.7 Å². The summed E-state index contributed by atoms with van der Waals surface area (Å²) in [6, 6.07) is 8.45. The molecule has 4 rings (SSSR count). The van der Waals surface area contributed by atoms with E-state index in [2.05, 4.69) is 32.6 Å². The molecule has 0 radical (unpaired) electrons. The number of carbonyl (C=O) groups excluding carboxylic acids is 1. The Hall–Kier alpha value is -3.02. The van der Waals surface area contributed by atoms with Crippen LogP contribution in [0.4, 0.5) is 0 Å². The number of hydrogen-bond donors (Lipinski definition) is 1. The Balaban J connectivity index is 1.35. The van der Waals surface area contributed by atoms with Gasteiger partial charge >= 0.3 is 0 Å². The maximum absolute atomic E-state index is 12.6. The van der Waals surface area contributed by atoms with E-state index in [0.717, 1.165) is 48.1 Å². The van der Waals surface area contributed by atoms with Crippen molar-refractivity contribution in [2.75, 3.05) is 0 Å². The van der Waals surface area contributed by atoms with Gasteiger partial charge in [-0.05, 0) is 57.2 Å². The van der Waals surface area contributed by atoms with Gasteiger partial charge in [-0.25, -0.2) is 9.97 Å². The molecule has 1 fully saturated rings. The molecule has 0 unspecified atom stereocenters. The molecule has 1 aliphatic rings. The summed E-state index contributed by atoms with van der Waals surface area (Å²) in [7, 11) is 0. The van der Waals surface area contributed by atoms with E-state index in [9.17, 15) is 4.79 Å². The summed E-state index contributed by atoms with van der Waals surface area (Å²) < 4.78 is 2.04. The summed E-state index contributed by atoms with van der Waals surface area (Å²) in [6.07, 6.45) is 11.1. The first-order valence-electron chi connectivity index (χ1n) is 9.79. The fourth-order valence-electron chi connectivity index (χ4n) is 3.95. The average Bonchev–Trinajstić information content (AvgIpc) is 3.19. The quantitative estimate of drug-likeness (QED) is 0.751. The Bertz CT molecular complexity index is 958. The molecule has 1 amide bonds. The molecule has 3 aromatic rings. The van der Waals surface area contributed by atoms with Gasteiger partial charge in [-0.15, -0.1) is 0 Å². The van der Waals surface area contributed by atoms with Gasteiger partial charge < -0.3 is 5.32 Å². The van der Waals surface area contributed by atoms with Crippen LogP contribution in [0.3, 0.4) is 0 Å². The van der Waals surface area contributed by atoms with Gasteiger partial charge in [0.1, 0.15) is 6.33 Å². The molecule has 6 nitrogen and oxygen atoms in total. The molecule has 0 aliphatic heterocycles. The number of aryl methyl sites for hydroxylation is 2. The van der Waals surface area contributed by atoms with E-state index in [1.165, 1.54) is 5.56 Å². The lowest BCUT2D eigenvalue weighted by molar-refractivity contribution is 0.0921. The van der Waals surface area contributed by atoms with E-state index < -0.39 is 0 Å². The van der Waals surface area contributed by atoms with Gasteiger partial charge in [0, 0.05) is 29.6 Å². The molecule has 1 aromatic carbocycles. The van der Waals surface area contributed by atoms with Crippen molar-refractivity contribution in [3.05, 3.63) is 65.9 Å². The largest absolute Gasteiger partial charge is 0.349 e. The molecule has 1 saturated carbocycles. The lowest BCUT2D eigenvalue weighted by Crippen LogP contribution is -2.38. The molecule has 0 bridgehead atoms. The summed E-state index contributed by atoms with van der Waals surface area (Å²) in [6.45, 7) is 4.03. The molecule has 6 heteroatoms. The van der Waals surface area contributed by atoms with Crippen molar-refractivity contribution in [1.82, 2.24) is 25.1 Å². The molecule has 1 aliphatic carbocycles. The zero-order chi connectivity index (χ0) is 19.5. The van der Waals surface area contributed by atoms with Gasteiger partial charge in [-0.3, -0.25) is 9.48 Å². The van der Waals surface area contributed by atoms with E-state index >= 15 is 0 Å². The van der Waals surface area contributed by atoms with Crippen LogP contribution in [0.5, 0.6) is 0 Å². The van der Waals surface area contributed by atoms with E-state index in [1.807, 2.05) is 42.9 Å². The first kappa shape index (κ1) is 18.3.